The predicted molar refractivity (Wildman–Crippen MR) is 82.3 cm³/mol. The fraction of sp³-hybridized carbons (Fsp3) is 0.562. The molecule has 0 aliphatic carbocycles. The van der Waals surface area contributed by atoms with Crippen LogP contribution >= 0.6 is 11.6 Å². The van der Waals surface area contributed by atoms with Gasteiger partial charge in [-0.3, -0.25) is 10.1 Å². The van der Waals surface area contributed by atoms with E-state index in [1.54, 1.807) is 0 Å². The van der Waals surface area contributed by atoms with Gasteiger partial charge in [0.05, 0.1) is 17.5 Å². The van der Waals surface area contributed by atoms with Gasteiger partial charge in [0.25, 0.3) is 0 Å². The minimum absolute atomic E-state index is 0.0119. The average molecular weight is 312 g/mol. The molecule has 1 aliphatic heterocycles. The van der Waals surface area contributed by atoms with Crippen LogP contribution in [0.2, 0.25) is 0 Å². The van der Waals surface area contributed by atoms with Crippen LogP contribution in [0.1, 0.15) is 26.3 Å². The highest BCUT2D eigenvalue weighted by atomic mass is 35.5. The summed E-state index contributed by atoms with van der Waals surface area (Å²) < 4.78 is 11.1. The maximum absolute atomic E-state index is 12.0. The summed E-state index contributed by atoms with van der Waals surface area (Å²) in [6.07, 6.45) is 0.0469. The Kier molecular flexibility index (Phi) is 5.38. The number of Topliss-reactive ketones (excluding diaryl/α,β-unsaturated/α-hetero) is 1. The van der Waals surface area contributed by atoms with Crippen LogP contribution in [-0.2, 0) is 20.7 Å². The van der Waals surface area contributed by atoms with Crippen molar-refractivity contribution in [1.82, 2.24) is 5.32 Å². The SMILES string of the molecule is CC(C)(C)OC1OC1N[C@@H](Cc1ccccc1)C(=O)CCl. The minimum atomic E-state index is -0.358. The maximum atomic E-state index is 12.0. The maximum Gasteiger partial charge on any atom is 0.200 e. The van der Waals surface area contributed by atoms with Crippen molar-refractivity contribution in [2.75, 3.05) is 5.88 Å². The number of benzene rings is 1. The van der Waals surface area contributed by atoms with Crippen LogP contribution in [-0.4, -0.2) is 35.8 Å². The minimum Gasteiger partial charge on any atom is -0.343 e. The molecule has 21 heavy (non-hydrogen) atoms. The number of ether oxygens (including phenoxy) is 2. The molecule has 1 saturated heterocycles. The fourth-order valence-corrected chi connectivity index (χ4v) is 2.25. The molecule has 0 bridgehead atoms. The molecule has 1 fully saturated rings. The summed E-state index contributed by atoms with van der Waals surface area (Å²) in [6.45, 7) is 5.91. The second kappa shape index (κ2) is 6.88. The number of epoxide rings is 1. The van der Waals surface area contributed by atoms with E-state index in [-0.39, 0.29) is 35.8 Å². The quantitative estimate of drug-likeness (QED) is 0.621. The lowest BCUT2D eigenvalue weighted by Gasteiger charge is -2.19. The average Bonchev–Trinajstić information content (AvgIpc) is 3.13. The molecule has 1 aromatic rings. The molecular weight excluding hydrogens is 290 g/mol. The highest BCUT2D eigenvalue weighted by molar-refractivity contribution is 6.28. The molecule has 0 aromatic heterocycles. The Morgan fingerprint density at radius 3 is 2.62 bits per heavy atom. The van der Waals surface area contributed by atoms with Gasteiger partial charge < -0.3 is 9.47 Å². The molecule has 0 spiro atoms. The molecule has 2 unspecified atom stereocenters. The lowest BCUT2D eigenvalue weighted by molar-refractivity contribution is -0.118. The third kappa shape index (κ3) is 5.40. The third-order valence-electron chi connectivity index (χ3n) is 3.09. The highest BCUT2D eigenvalue weighted by Crippen LogP contribution is 2.27. The smallest absolute Gasteiger partial charge is 0.200 e. The van der Waals surface area contributed by atoms with Gasteiger partial charge in [0.15, 0.2) is 18.3 Å². The summed E-state index contributed by atoms with van der Waals surface area (Å²) in [7, 11) is 0. The summed E-state index contributed by atoms with van der Waals surface area (Å²) in [5.74, 6) is -0.0484. The van der Waals surface area contributed by atoms with Crippen molar-refractivity contribution in [3.05, 3.63) is 35.9 Å². The number of alkyl halides is 1. The number of ketones is 1. The van der Waals surface area contributed by atoms with Gasteiger partial charge in [-0.1, -0.05) is 30.3 Å². The van der Waals surface area contributed by atoms with Gasteiger partial charge in [-0.25, -0.2) is 0 Å². The normalized spacial score (nSPS) is 22.9. The van der Waals surface area contributed by atoms with Gasteiger partial charge in [-0.15, -0.1) is 11.6 Å². The molecule has 3 atom stereocenters. The van der Waals surface area contributed by atoms with E-state index in [9.17, 15) is 4.79 Å². The lowest BCUT2D eigenvalue weighted by Crippen LogP contribution is -2.42. The molecule has 2 rings (SSSR count). The van der Waals surface area contributed by atoms with Crippen molar-refractivity contribution < 1.29 is 14.3 Å². The zero-order valence-electron chi connectivity index (χ0n) is 12.6. The van der Waals surface area contributed by atoms with Gasteiger partial charge in [0.2, 0.25) is 0 Å². The molecule has 5 heteroatoms. The lowest BCUT2D eigenvalue weighted by atomic mass is 10.0. The topological polar surface area (TPSA) is 50.9 Å². The molecule has 1 aromatic carbocycles. The van der Waals surface area contributed by atoms with Crippen molar-refractivity contribution in [3.8, 4) is 0 Å². The number of halogens is 1. The van der Waals surface area contributed by atoms with Crippen LogP contribution < -0.4 is 5.32 Å². The van der Waals surface area contributed by atoms with Crippen LogP contribution in [0.4, 0.5) is 0 Å². The van der Waals surface area contributed by atoms with Crippen molar-refractivity contribution in [2.24, 2.45) is 0 Å². The first-order valence-electron chi connectivity index (χ1n) is 7.11. The van der Waals surface area contributed by atoms with E-state index in [1.165, 1.54) is 0 Å². The third-order valence-corrected chi connectivity index (χ3v) is 3.35. The van der Waals surface area contributed by atoms with Gasteiger partial charge in [0.1, 0.15) is 0 Å². The van der Waals surface area contributed by atoms with E-state index in [0.717, 1.165) is 5.56 Å². The summed E-state index contributed by atoms with van der Waals surface area (Å²) in [6, 6.07) is 9.49. The summed E-state index contributed by atoms with van der Waals surface area (Å²) in [5, 5.41) is 3.18. The van der Waals surface area contributed by atoms with Gasteiger partial charge in [-0.05, 0) is 32.8 Å². The first-order chi connectivity index (χ1) is 9.89. The first-order valence-corrected chi connectivity index (χ1v) is 7.64. The molecular formula is C16H22ClNO3. The second-order valence-electron chi connectivity index (χ2n) is 6.16. The van der Waals surface area contributed by atoms with Gasteiger partial charge in [-0.2, -0.15) is 0 Å². The zero-order valence-corrected chi connectivity index (χ0v) is 13.4. The summed E-state index contributed by atoms with van der Waals surface area (Å²) in [5.41, 5.74) is 0.814. The molecule has 116 valence electrons. The van der Waals surface area contributed by atoms with Crippen molar-refractivity contribution >= 4 is 17.4 Å². The Balaban J connectivity index is 1.91. The number of carbonyl (C=O) groups excluding carboxylic acids is 1. The Morgan fingerprint density at radius 1 is 1.38 bits per heavy atom. The van der Waals surface area contributed by atoms with Gasteiger partial charge in [0, 0.05) is 0 Å². The van der Waals surface area contributed by atoms with Crippen LogP contribution in [0.3, 0.4) is 0 Å². The second-order valence-corrected chi connectivity index (χ2v) is 6.43. The van der Waals surface area contributed by atoms with E-state index in [2.05, 4.69) is 5.32 Å². The Hall–Kier alpha value is -0.940. The molecule has 0 saturated carbocycles. The monoisotopic (exact) mass is 311 g/mol. The van der Waals surface area contributed by atoms with E-state index in [0.29, 0.717) is 6.42 Å². The standard InChI is InChI=1S/C16H22ClNO3/c1-16(2,3)21-15-14(20-15)18-12(13(19)10-17)9-11-7-5-4-6-8-11/h4-8,12,14-15,18H,9-10H2,1-3H3/t12-,14?,15?/m0/s1. The van der Waals surface area contributed by atoms with E-state index in [1.807, 2.05) is 51.1 Å². The van der Waals surface area contributed by atoms with Crippen molar-refractivity contribution in [1.29, 1.82) is 0 Å². The molecule has 1 heterocycles. The molecule has 1 aliphatic rings. The number of nitrogens with one attached hydrogen (secondary N) is 1. The van der Waals surface area contributed by atoms with E-state index >= 15 is 0 Å². The Labute approximate surface area is 130 Å². The van der Waals surface area contributed by atoms with Crippen molar-refractivity contribution in [2.45, 2.75) is 51.4 Å². The number of hydrogen-bond donors (Lipinski definition) is 1. The molecule has 0 radical (unpaired) electrons. The molecule has 4 nitrogen and oxygen atoms in total. The number of hydrogen-bond acceptors (Lipinski definition) is 4. The zero-order chi connectivity index (χ0) is 15.5. The fourth-order valence-electron chi connectivity index (χ4n) is 2.06. The predicted octanol–water partition coefficient (Wildman–Crippen LogP) is 2.49. The summed E-state index contributed by atoms with van der Waals surface area (Å²) >= 11 is 5.70. The molecule has 0 amide bonds. The van der Waals surface area contributed by atoms with E-state index in [4.69, 9.17) is 21.1 Å². The van der Waals surface area contributed by atoms with E-state index < -0.39 is 0 Å². The van der Waals surface area contributed by atoms with Gasteiger partial charge >= 0.3 is 0 Å². The van der Waals surface area contributed by atoms with Crippen molar-refractivity contribution in [3.63, 3.8) is 0 Å². The Bertz CT molecular complexity index is 472. The number of rotatable bonds is 7. The number of carbonyl (C=O) groups is 1. The van der Waals surface area contributed by atoms with Crippen LogP contribution in [0.15, 0.2) is 30.3 Å². The van der Waals surface area contributed by atoms with Crippen LogP contribution in [0.25, 0.3) is 0 Å². The Morgan fingerprint density at radius 2 is 2.05 bits per heavy atom. The van der Waals surface area contributed by atoms with Crippen LogP contribution in [0, 0.1) is 0 Å². The largest absolute Gasteiger partial charge is 0.343 e. The summed E-state index contributed by atoms with van der Waals surface area (Å²) in [4.78, 5) is 12.0. The first kappa shape index (κ1) is 16.4. The van der Waals surface area contributed by atoms with Crippen LogP contribution in [0.5, 0.6) is 0 Å². The molecule has 1 N–H and O–H groups in total. The highest BCUT2D eigenvalue weighted by Gasteiger charge is 2.44.